The molecule has 0 aromatic rings. The number of nitrogens with zero attached hydrogens (tertiary/aromatic N) is 1. The van der Waals surface area contributed by atoms with Gasteiger partial charge in [-0.25, -0.2) is 9.59 Å². The van der Waals surface area contributed by atoms with Crippen LogP contribution in [0.2, 0.25) is 0 Å². The van der Waals surface area contributed by atoms with Gasteiger partial charge in [-0.05, 0) is 11.8 Å². The van der Waals surface area contributed by atoms with E-state index in [0.717, 1.165) is 0 Å². The monoisotopic (exact) mass is 211 g/mol. The van der Waals surface area contributed by atoms with Gasteiger partial charge in [-0.1, -0.05) is 20.8 Å². The van der Waals surface area contributed by atoms with E-state index in [0.29, 0.717) is 25.0 Å². The van der Waals surface area contributed by atoms with Gasteiger partial charge in [0.05, 0.1) is 0 Å². The molecule has 0 aromatic heterocycles. The van der Waals surface area contributed by atoms with Crippen molar-refractivity contribution in [3.63, 3.8) is 0 Å². The number of carboxylic acid groups (broad SMARTS) is 1. The van der Waals surface area contributed by atoms with Crippen molar-refractivity contribution in [1.82, 2.24) is 4.90 Å². The van der Waals surface area contributed by atoms with E-state index in [1.807, 2.05) is 26.7 Å². The van der Waals surface area contributed by atoms with E-state index in [2.05, 4.69) is 0 Å². The minimum Gasteiger partial charge on any atom is -0.465 e. The highest BCUT2D eigenvalue weighted by Gasteiger charge is 2.36. The Hall–Kier alpha value is -1.28. The number of amides is 1. The molecule has 0 spiro atoms. The summed E-state index contributed by atoms with van der Waals surface area (Å²) < 4.78 is 0. The first-order valence-corrected chi connectivity index (χ1v) is 5.08. The van der Waals surface area contributed by atoms with Crippen molar-refractivity contribution >= 4 is 12.0 Å². The van der Waals surface area contributed by atoms with Gasteiger partial charge in [0.1, 0.15) is 5.94 Å². The Labute approximate surface area is 89.6 Å². The average Bonchev–Trinajstić information content (AvgIpc) is 2.15. The zero-order valence-corrected chi connectivity index (χ0v) is 9.41. The van der Waals surface area contributed by atoms with E-state index < -0.39 is 6.09 Å². The SMILES string of the molecule is CC(C)(C)C1CC(=C=O)CCN1C(=O)O. The van der Waals surface area contributed by atoms with Crippen LogP contribution in [-0.2, 0) is 4.79 Å². The first-order valence-electron chi connectivity index (χ1n) is 5.08. The first kappa shape index (κ1) is 11.8. The predicted octanol–water partition coefficient (Wildman–Crippen LogP) is 1.93. The summed E-state index contributed by atoms with van der Waals surface area (Å²) >= 11 is 0. The minimum absolute atomic E-state index is 0.125. The fourth-order valence-electron chi connectivity index (χ4n) is 1.95. The van der Waals surface area contributed by atoms with Crippen LogP contribution >= 0.6 is 0 Å². The van der Waals surface area contributed by atoms with Crippen molar-refractivity contribution in [2.75, 3.05) is 6.54 Å². The summed E-state index contributed by atoms with van der Waals surface area (Å²) in [5, 5.41) is 9.05. The molecule has 0 aromatic carbocycles. The fraction of sp³-hybridized carbons (Fsp3) is 0.727. The van der Waals surface area contributed by atoms with Gasteiger partial charge >= 0.3 is 6.09 Å². The molecule has 0 saturated carbocycles. The van der Waals surface area contributed by atoms with Crippen molar-refractivity contribution < 1.29 is 14.7 Å². The van der Waals surface area contributed by atoms with E-state index in [9.17, 15) is 9.59 Å². The number of rotatable bonds is 0. The topological polar surface area (TPSA) is 57.6 Å². The normalized spacial score (nSPS) is 22.5. The molecule has 15 heavy (non-hydrogen) atoms. The molecule has 4 heteroatoms. The van der Waals surface area contributed by atoms with Crippen LogP contribution in [0.3, 0.4) is 0 Å². The van der Waals surface area contributed by atoms with Crippen LogP contribution in [-0.4, -0.2) is 34.6 Å². The molecule has 0 aliphatic carbocycles. The smallest absolute Gasteiger partial charge is 0.407 e. The highest BCUT2D eigenvalue weighted by molar-refractivity contribution is 5.66. The van der Waals surface area contributed by atoms with E-state index in [1.165, 1.54) is 4.90 Å². The van der Waals surface area contributed by atoms with Crippen molar-refractivity contribution in [2.45, 2.75) is 39.7 Å². The Kier molecular flexibility index (Phi) is 3.20. The molecular weight excluding hydrogens is 194 g/mol. The van der Waals surface area contributed by atoms with Crippen LogP contribution in [0, 0.1) is 5.41 Å². The van der Waals surface area contributed by atoms with Crippen LogP contribution in [0.25, 0.3) is 0 Å². The second kappa shape index (κ2) is 4.07. The molecule has 0 bridgehead atoms. The summed E-state index contributed by atoms with van der Waals surface area (Å²) in [4.78, 5) is 23.0. The van der Waals surface area contributed by atoms with Gasteiger partial charge in [-0.15, -0.1) is 0 Å². The highest BCUT2D eigenvalue weighted by atomic mass is 16.4. The molecule has 1 saturated heterocycles. The van der Waals surface area contributed by atoms with Crippen LogP contribution in [0.1, 0.15) is 33.6 Å². The van der Waals surface area contributed by atoms with Gasteiger partial charge in [-0.2, -0.15) is 0 Å². The van der Waals surface area contributed by atoms with E-state index in [4.69, 9.17) is 5.11 Å². The van der Waals surface area contributed by atoms with Crippen molar-refractivity contribution in [3.05, 3.63) is 5.57 Å². The van der Waals surface area contributed by atoms with Crippen LogP contribution in [0.5, 0.6) is 0 Å². The van der Waals surface area contributed by atoms with Gasteiger partial charge in [0.25, 0.3) is 0 Å². The van der Waals surface area contributed by atoms with Crippen LogP contribution in [0.4, 0.5) is 4.79 Å². The second-order valence-electron chi connectivity index (χ2n) is 5.02. The summed E-state index contributed by atoms with van der Waals surface area (Å²) in [6.07, 6.45) is 0.127. The lowest BCUT2D eigenvalue weighted by atomic mass is 9.79. The van der Waals surface area contributed by atoms with Crippen LogP contribution in [0.15, 0.2) is 5.57 Å². The molecule has 1 aliphatic rings. The Balaban J connectivity index is 2.93. The first-order chi connectivity index (χ1) is 6.86. The summed E-state index contributed by atoms with van der Waals surface area (Å²) in [5.41, 5.74) is 0.549. The quantitative estimate of drug-likeness (QED) is 0.623. The lowest BCUT2D eigenvalue weighted by molar-refractivity contribution is 0.0724. The van der Waals surface area contributed by atoms with Crippen molar-refractivity contribution in [3.8, 4) is 0 Å². The number of likely N-dealkylation sites (tertiary alicyclic amines) is 1. The number of carbonyl (C=O) groups is 1. The molecule has 1 N–H and O–H groups in total. The molecular formula is C11H17NO3. The molecule has 1 atom stereocenters. The summed E-state index contributed by atoms with van der Waals surface area (Å²) in [6, 6.07) is -0.125. The molecule has 1 fully saturated rings. The van der Waals surface area contributed by atoms with Crippen LogP contribution < -0.4 is 0 Å². The zero-order chi connectivity index (χ0) is 11.6. The van der Waals surface area contributed by atoms with Gasteiger partial charge in [0, 0.05) is 24.6 Å². The van der Waals surface area contributed by atoms with Crippen molar-refractivity contribution in [1.29, 1.82) is 0 Å². The fourth-order valence-corrected chi connectivity index (χ4v) is 1.95. The molecule has 1 heterocycles. The summed E-state index contributed by atoms with van der Waals surface area (Å²) in [6.45, 7) is 6.37. The van der Waals surface area contributed by atoms with Gasteiger partial charge in [0.2, 0.25) is 0 Å². The maximum atomic E-state index is 11.0. The number of hydrogen-bond acceptors (Lipinski definition) is 2. The number of hydrogen-bond donors (Lipinski definition) is 1. The summed E-state index contributed by atoms with van der Waals surface area (Å²) in [7, 11) is 0. The number of piperidine rings is 1. The maximum Gasteiger partial charge on any atom is 0.407 e. The second-order valence-corrected chi connectivity index (χ2v) is 5.02. The third-order valence-corrected chi connectivity index (χ3v) is 2.86. The largest absolute Gasteiger partial charge is 0.465 e. The zero-order valence-electron chi connectivity index (χ0n) is 9.41. The molecule has 4 nitrogen and oxygen atoms in total. The lowest BCUT2D eigenvalue weighted by Crippen LogP contribution is -2.50. The standard InChI is InChI=1S/C11H17NO3/c1-11(2,3)9-6-8(7-13)4-5-12(9)10(14)15/h9H,4-6H2,1-3H3,(H,14,15). The Morgan fingerprint density at radius 3 is 2.53 bits per heavy atom. The van der Waals surface area contributed by atoms with E-state index in [1.54, 1.807) is 0 Å². The highest BCUT2D eigenvalue weighted by Crippen LogP contribution is 2.33. The molecule has 1 rings (SSSR count). The van der Waals surface area contributed by atoms with Gasteiger partial charge in [0.15, 0.2) is 0 Å². The van der Waals surface area contributed by atoms with Crippen molar-refractivity contribution in [2.24, 2.45) is 5.41 Å². The Bertz CT molecular complexity index is 310. The third kappa shape index (κ3) is 2.60. The average molecular weight is 211 g/mol. The van der Waals surface area contributed by atoms with E-state index in [-0.39, 0.29) is 11.5 Å². The van der Waals surface area contributed by atoms with Gasteiger partial charge in [-0.3, -0.25) is 0 Å². The number of carbonyl (C=O) groups excluding carboxylic acids is 1. The molecule has 84 valence electrons. The van der Waals surface area contributed by atoms with Gasteiger partial charge < -0.3 is 10.0 Å². The third-order valence-electron chi connectivity index (χ3n) is 2.86. The molecule has 1 unspecified atom stereocenters. The summed E-state index contributed by atoms with van der Waals surface area (Å²) in [5.74, 6) is 1.91. The molecule has 1 aliphatic heterocycles. The maximum absolute atomic E-state index is 11.0. The lowest BCUT2D eigenvalue weighted by Gasteiger charge is -2.41. The predicted molar refractivity (Wildman–Crippen MR) is 56.4 cm³/mol. The van der Waals surface area contributed by atoms with E-state index >= 15 is 0 Å². The Morgan fingerprint density at radius 2 is 2.13 bits per heavy atom. The minimum atomic E-state index is -0.903. The molecule has 1 amide bonds. The molecule has 0 radical (unpaired) electrons. The Morgan fingerprint density at radius 1 is 1.53 bits per heavy atom.